The highest BCUT2D eigenvalue weighted by Gasteiger charge is 2.17. The van der Waals surface area contributed by atoms with Crippen LogP contribution in [0, 0.1) is 17.0 Å². The number of rotatable bonds is 4. The zero-order chi connectivity index (χ0) is 14.7. The van der Waals surface area contributed by atoms with Gasteiger partial charge in [0.1, 0.15) is 5.75 Å². The van der Waals surface area contributed by atoms with Crippen LogP contribution in [0.1, 0.15) is 11.1 Å². The minimum atomic E-state index is -0.524. The van der Waals surface area contributed by atoms with Gasteiger partial charge in [-0.05, 0) is 36.2 Å². The molecular weight excluding hydrogens is 301 g/mol. The van der Waals surface area contributed by atoms with E-state index in [1.54, 1.807) is 12.1 Å². The topological polar surface area (TPSA) is 52.4 Å². The summed E-state index contributed by atoms with van der Waals surface area (Å²) in [7, 11) is 0. The molecule has 0 N–H and O–H groups in total. The van der Waals surface area contributed by atoms with Crippen molar-refractivity contribution in [2.24, 2.45) is 0 Å². The lowest BCUT2D eigenvalue weighted by Crippen LogP contribution is -1.95. The number of hydrogen-bond acceptors (Lipinski definition) is 3. The average Bonchev–Trinajstić information content (AvgIpc) is 2.42. The summed E-state index contributed by atoms with van der Waals surface area (Å²) in [4.78, 5) is 10.5. The molecule has 0 unspecified atom stereocenters. The first-order valence-corrected chi connectivity index (χ1v) is 6.70. The van der Waals surface area contributed by atoms with E-state index in [9.17, 15) is 10.1 Å². The summed E-state index contributed by atoms with van der Waals surface area (Å²) >= 11 is 11.5. The van der Waals surface area contributed by atoms with Crippen molar-refractivity contribution in [3.8, 4) is 11.5 Å². The van der Waals surface area contributed by atoms with Gasteiger partial charge in [-0.25, -0.2) is 0 Å². The number of halogens is 2. The van der Waals surface area contributed by atoms with Crippen LogP contribution in [-0.2, 0) is 5.88 Å². The van der Waals surface area contributed by atoms with E-state index in [1.165, 1.54) is 12.1 Å². The maximum Gasteiger partial charge on any atom is 0.313 e. The van der Waals surface area contributed by atoms with Crippen LogP contribution in [0.25, 0.3) is 0 Å². The molecule has 2 rings (SSSR count). The second-order valence-electron chi connectivity index (χ2n) is 4.20. The van der Waals surface area contributed by atoms with E-state index in [1.807, 2.05) is 19.1 Å². The summed E-state index contributed by atoms with van der Waals surface area (Å²) < 4.78 is 5.61. The first-order valence-electron chi connectivity index (χ1n) is 5.78. The van der Waals surface area contributed by atoms with Gasteiger partial charge in [0.2, 0.25) is 5.75 Å². The molecule has 4 nitrogen and oxygen atoms in total. The predicted molar refractivity (Wildman–Crippen MR) is 78.9 cm³/mol. The third kappa shape index (κ3) is 3.21. The smallest absolute Gasteiger partial charge is 0.313 e. The molecule has 0 bridgehead atoms. The molecule has 0 fully saturated rings. The van der Waals surface area contributed by atoms with Gasteiger partial charge < -0.3 is 4.74 Å². The maximum absolute atomic E-state index is 11.0. The molecule has 0 saturated heterocycles. The molecule has 0 saturated carbocycles. The van der Waals surface area contributed by atoms with Gasteiger partial charge in [-0.15, -0.1) is 11.6 Å². The lowest BCUT2D eigenvalue weighted by Gasteiger charge is -2.10. The molecule has 0 aliphatic rings. The minimum Gasteiger partial charge on any atom is -0.450 e. The van der Waals surface area contributed by atoms with Crippen LogP contribution in [0.2, 0.25) is 5.02 Å². The molecule has 2 aromatic rings. The molecule has 6 heteroatoms. The van der Waals surface area contributed by atoms with Crippen molar-refractivity contribution < 1.29 is 9.66 Å². The summed E-state index contributed by atoms with van der Waals surface area (Å²) in [5, 5.41) is 11.3. The lowest BCUT2D eigenvalue weighted by atomic mass is 10.1. The number of nitro benzene ring substituents is 1. The number of ether oxygens (including phenoxy) is 1. The van der Waals surface area contributed by atoms with Crippen LogP contribution in [0.3, 0.4) is 0 Å². The lowest BCUT2D eigenvalue weighted by molar-refractivity contribution is -0.385. The van der Waals surface area contributed by atoms with Crippen LogP contribution >= 0.6 is 23.2 Å². The second-order valence-corrected chi connectivity index (χ2v) is 4.91. The third-order valence-corrected chi connectivity index (χ3v) is 3.27. The third-order valence-electron chi connectivity index (χ3n) is 2.73. The van der Waals surface area contributed by atoms with Gasteiger partial charge in [0.15, 0.2) is 0 Å². The van der Waals surface area contributed by atoms with E-state index in [2.05, 4.69) is 0 Å². The molecule has 0 aliphatic heterocycles. The SMILES string of the molecule is Cc1cc(CCl)ccc1Oc1ccc(Cl)cc1[N+](=O)[O-]. The van der Waals surface area contributed by atoms with Crippen LogP contribution in [0.5, 0.6) is 11.5 Å². The summed E-state index contributed by atoms with van der Waals surface area (Å²) in [6.45, 7) is 1.85. The predicted octanol–water partition coefficient (Wildman–Crippen LogP) is 5.09. The number of aryl methyl sites for hydroxylation is 1. The van der Waals surface area contributed by atoms with E-state index < -0.39 is 4.92 Å². The van der Waals surface area contributed by atoms with Gasteiger partial charge in [-0.2, -0.15) is 0 Å². The Balaban J connectivity index is 2.37. The van der Waals surface area contributed by atoms with Gasteiger partial charge in [0.05, 0.1) is 4.92 Å². The Bertz CT molecular complexity index is 659. The van der Waals surface area contributed by atoms with Gasteiger partial charge in [0.25, 0.3) is 0 Å². The first kappa shape index (κ1) is 14.6. The molecule has 0 aromatic heterocycles. The molecule has 0 aliphatic carbocycles. The number of nitrogens with zero attached hydrogens (tertiary/aromatic N) is 1. The van der Waals surface area contributed by atoms with Crippen LogP contribution < -0.4 is 4.74 Å². The number of benzene rings is 2. The Kier molecular flexibility index (Phi) is 4.47. The fourth-order valence-corrected chi connectivity index (χ4v) is 2.08. The maximum atomic E-state index is 11.0. The first-order chi connectivity index (χ1) is 9.51. The van der Waals surface area contributed by atoms with E-state index in [-0.39, 0.29) is 11.4 Å². The van der Waals surface area contributed by atoms with Crippen LogP contribution in [-0.4, -0.2) is 4.92 Å². The van der Waals surface area contributed by atoms with Crippen molar-refractivity contribution in [2.75, 3.05) is 0 Å². The van der Waals surface area contributed by atoms with Gasteiger partial charge in [-0.1, -0.05) is 23.7 Å². The molecule has 0 radical (unpaired) electrons. The molecule has 104 valence electrons. The van der Waals surface area contributed by atoms with Gasteiger partial charge in [0, 0.05) is 17.0 Å². The van der Waals surface area contributed by atoms with Gasteiger partial charge in [-0.3, -0.25) is 10.1 Å². The standard InChI is InChI=1S/C14H11Cl2NO3/c1-9-6-10(8-15)2-4-13(9)20-14-5-3-11(16)7-12(14)17(18)19/h2-7H,8H2,1H3. The summed E-state index contributed by atoms with van der Waals surface area (Å²) in [5.74, 6) is 1.10. The van der Waals surface area contributed by atoms with Crippen molar-refractivity contribution in [3.63, 3.8) is 0 Å². The van der Waals surface area contributed by atoms with Crippen molar-refractivity contribution in [3.05, 3.63) is 62.7 Å². The van der Waals surface area contributed by atoms with E-state index >= 15 is 0 Å². The Morgan fingerprint density at radius 2 is 1.90 bits per heavy atom. The van der Waals surface area contributed by atoms with Crippen LogP contribution in [0.4, 0.5) is 5.69 Å². The minimum absolute atomic E-state index is 0.154. The highest BCUT2D eigenvalue weighted by atomic mass is 35.5. The molecule has 2 aromatic carbocycles. The van der Waals surface area contributed by atoms with Crippen molar-refractivity contribution in [2.45, 2.75) is 12.8 Å². The molecule has 0 atom stereocenters. The monoisotopic (exact) mass is 311 g/mol. The van der Waals surface area contributed by atoms with Gasteiger partial charge >= 0.3 is 5.69 Å². The fourth-order valence-electron chi connectivity index (χ4n) is 1.75. The Morgan fingerprint density at radius 3 is 2.50 bits per heavy atom. The van der Waals surface area contributed by atoms with Crippen molar-refractivity contribution in [1.29, 1.82) is 0 Å². The highest BCUT2D eigenvalue weighted by molar-refractivity contribution is 6.30. The zero-order valence-electron chi connectivity index (χ0n) is 10.6. The second kappa shape index (κ2) is 6.11. The molecule has 20 heavy (non-hydrogen) atoms. The van der Waals surface area contributed by atoms with Crippen molar-refractivity contribution >= 4 is 28.9 Å². The Morgan fingerprint density at radius 1 is 1.20 bits per heavy atom. The Hall–Kier alpha value is -1.78. The molecular formula is C14H11Cl2NO3. The molecule has 0 heterocycles. The normalized spacial score (nSPS) is 10.3. The quantitative estimate of drug-likeness (QED) is 0.449. The van der Waals surface area contributed by atoms with E-state index in [0.717, 1.165) is 11.1 Å². The van der Waals surface area contributed by atoms with E-state index in [0.29, 0.717) is 16.7 Å². The number of nitro groups is 1. The van der Waals surface area contributed by atoms with E-state index in [4.69, 9.17) is 27.9 Å². The van der Waals surface area contributed by atoms with Crippen molar-refractivity contribution in [1.82, 2.24) is 0 Å². The number of hydrogen-bond donors (Lipinski definition) is 0. The average molecular weight is 312 g/mol. The van der Waals surface area contributed by atoms with Crippen LogP contribution in [0.15, 0.2) is 36.4 Å². The number of alkyl halides is 1. The zero-order valence-corrected chi connectivity index (χ0v) is 12.1. The summed E-state index contributed by atoms with van der Waals surface area (Å²) in [5.41, 5.74) is 1.65. The Labute approximate surface area is 126 Å². The molecule has 0 amide bonds. The summed E-state index contributed by atoms with van der Waals surface area (Å²) in [6, 6.07) is 9.73. The fraction of sp³-hybridized carbons (Fsp3) is 0.143. The summed E-state index contributed by atoms with van der Waals surface area (Å²) in [6.07, 6.45) is 0. The highest BCUT2D eigenvalue weighted by Crippen LogP contribution is 2.34. The largest absolute Gasteiger partial charge is 0.450 e. The molecule has 0 spiro atoms.